The van der Waals surface area contributed by atoms with Gasteiger partial charge in [0.15, 0.2) is 10.2 Å². The molecule has 1 nitrogen and oxygen atoms in total. The number of nitrogens with zero attached hydrogens (tertiary/aromatic N) is 1. The molecule has 0 aromatic carbocycles. The highest BCUT2D eigenvalue weighted by Crippen LogP contribution is 2.37. The van der Waals surface area contributed by atoms with Gasteiger partial charge in [0, 0.05) is 10.6 Å². The first-order valence-corrected chi connectivity index (χ1v) is 5.75. The minimum atomic E-state index is -4.39. The number of hydrogen-bond acceptors (Lipinski definition) is 3. The zero-order valence-corrected chi connectivity index (χ0v) is 8.87. The lowest BCUT2D eigenvalue weighted by atomic mass is 10.4. The SMILES string of the molecule is CSCc1sc(Cl)nc1C(F)(F)F. The van der Waals surface area contributed by atoms with Gasteiger partial charge in [0.25, 0.3) is 0 Å². The number of aromatic nitrogens is 1. The Kier molecular flexibility index (Phi) is 3.48. The van der Waals surface area contributed by atoms with Gasteiger partial charge < -0.3 is 0 Å². The molecule has 0 saturated carbocycles. The Balaban J connectivity index is 3.04. The quantitative estimate of drug-likeness (QED) is 0.791. The molecule has 1 aromatic heterocycles. The van der Waals surface area contributed by atoms with Crippen molar-refractivity contribution >= 4 is 34.7 Å². The van der Waals surface area contributed by atoms with E-state index in [0.717, 1.165) is 11.3 Å². The van der Waals surface area contributed by atoms with Gasteiger partial charge in [-0.15, -0.1) is 11.3 Å². The summed E-state index contributed by atoms with van der Waals surface area (Å²) in [5, 5.41) is 0. The monoisotopic (exact) mass is 247 g/mol. The van der Waals surface area contributed by atoms with Gasteiger partial charge in [0.05, 0.1) is 0 Å². The first kappa shape index (κ1) is 11.1. The molecule has 0 radical (unpaired) electrons. The molecule has 0 bridgehead atoms. The molecule has 74 valence electrons. The zero-order chi connectivity index (χ0) is 10.1. The van der Waals surface area contributed by atoms with Gasteiger partial charge in [-0.05, 0) is 6.26 Å². The van der Waals surface area contributed by atoms with Crippen LogP contribution in [0.5, 0.6) is 0 Å². The van der Waals surface area contributed by atoms with Crippen molar-refractivity contribution in [2.24, 2.45) is 0 Å². The third-order valence-corrected chi connectivity index (χ3v) is 3.14. The summed E-state index contributed by atoms with van der Waals surface area (Å²) >= 11 is 7.59. The first-order valence-electron chi connectivity index (χ1n) is 3.16. The second-order valence-electron chi connectivity index (χ2n) is 2.17. The molecule has 0 N–H and O–H groups in total. The van der Waals surface area contributed by atoms with E-state index < -0.39 is 11.9 Å². The van der Waals surface area contributed by atoms with Crippen LogP contribution in [0.4, 0.5) is 13.2 Å². The second-order valence-corrected chi connectivity index (χ2v) is 4.70. The molecule has 0 aliphatic rings. The molecule has 0 amide bonds. The summed E-state index contributed by atoms with van der Waals surface area (Å²) in [6.07, 6.45) is -2.66. The van der Waals surface area contributed by atoms with Gasteiger partial charge in [0.2, 0.25) is 0 Å². The summed E-state index contributed by atoms with van der Waals surface area (Å²) in [5.74, 6) is 0.291. The lowest BCUT2D eigenvalue weighted by molar-refractivity contribution is -0.141. The predicted octanol–water partition coefficient (Wildman–Crippen LogP) is 3.68. The van der Waals surface area contributed by atoms with Gasteiger partial charge in [-0.1, -0.05) is 11.6 Å². The van der Waals surface area contributed by atoms with E-state index >= 15 is 0 Å². The molecule has 0 spiro atoms. The molecule has 0 aliphatic carbocycles. The Labute approximate surface area is 86.3 Å². The van der Waals surface area contributed by atoms with Crippen LogP contribution in [-0.2, 0) is 11.9 Å². The van der Waals surface area contributed by atoms with Crippen molar-refractivity contribution in [2.45, 2.75) is 11.9 Å². The maximum Gasteiger partial charge on any atom is 0.434 e. The van der Waals surface area contributed by atoms with Gasteiger partial charge in [-0.2, -0.15) is 24.9 Å². The van der Waals surface area contributed by atoms with Crippen LogP contribution in [0.3, 0.4) is 0 Å². The zero-order valence-electron chi connectivity index (χ0n) is 6.48. The van der Waals surface area contributed by atoms with E-state index in [1.54, 1.807) is 6.26 Å². The van der Waals surface area contributed by atoms with E-state index in [1.165, 1.54) is 11.8 Å². The summed E-state index contributed by atoms with van der Waals surface area (Å²) in [7, 11) is 0. The topological polar surface area (TPSA) is 12.9 Å². The average molecular weight is 248 g/mol. The van der Waals surface area contributed by atoms with Crippen molar-refractivity contribution in [1.29, 1.82) is 0 Å². The molecule has 1 heterocycles. The first-order chi connectivity index (χ1) is 5.95. The number of alkyl halides is 3. The van der Waals surface area contributed by atoms with Gasteiger partial charge in [-0.25, -0.2) is 4.98 Å². The van der Waals surface area contributed by atoms with Crippen molar-refractivity contribution in [3.8, 4) is 0 Å². The van der Waals surface area contributed by atoms with E-state index in [1.807, 2.05) is 0 Å². The minimum Gasteiger partial charge on any atom is -0.220 e. The number of thioether (sulfide) groups is 1. The maximum atomic E-state index is 12.3. The van der Waals surface area contributed by atoms with Crippen molar-refractivity contribution in [3.05, 3.63) is 15.0 Å². The number of thiazole rings is 1. The standard InChI is InChI=1S/C6H5ClF3NS2/c1-12-2-3-4(6(8,9)10)11-5(7)13-3/h2H2,1H3. The van der Waals surface area contributed by atoms with Crippen molar-refractivity contribution < 1.29 is 13.2 Å². The highest BCUT2D eigenvalue weighted by atomic mass is 35.5. The fraction of sp³-hybridized carbons (Fsp3) is 0.500. The lowest BCUT2D eigenvalue weighted by Crippen LogP contribution is -2.07. The van der Waals surface area contributed by atoms with Crippen LogP contribution in [0.25, 0.3) is 0 Å². The van der Waals surface area contributed by atoms with Crippen LogP contribution >= 0.6 is 34.7 Å². The molecule has 0 saturated heterocycles. The van der Waals surface area contributed by atoms with E-state index in [4.69, 9.17) is 11.6 Å². The molecule has 0 aliphatic heterocycles. The maximum absolute atomic E-state index is 12.3. The van der Waals surface area contributed by atoms with Gasteiger partial charge >= 0.3 is 6.18 Å². The average Bonchev–Trinajstić information content (AvgIpc) is 2.30. The Bertz CT molecular complexity index is 297. The molecule has 13 heavy (non-hydrogen) atoms. The van der Waals surface area contributed by atoms with Crippen LogP contribution in [-0.4, -0.2) is 11.2 Å². The van der Waals surface area contributed by atoms with E-state index in [2.05, 4.69) is 4.98 Å². The van der Waals surface area contributed by atoms with Crippen LogP contribution in [0.2, 0.25) is 4.47 Å². The predicted molar refractivity (Wildman–Crippen MR) is 49.3 cm³/mol. The highest BCUT2D eigenvalue weighted by Gasteiger charge is 2.36. The minimum absolute atomic E-state index is 0.0589. The number of rotatable bonds is 2. The van der Waals surface area contributed by atoms with Crippen LogP contribution in [0, 0.1) is 0 Å². The summed E-state index contributed by atoms with van der Waals surface area (Å²) in [6, 6.07) is 0. The van der Waals surface area contributed by atoms with E-state index in [9.17, 15) is 13.2 Å². The van der Waals surface area contributed by atoms with Crippen molar-refractivity contribution in [3.63, 3.8) is 0 Å². The van der Waals surface area contributed by atoms with Gasteiger partial charge in [0.1, 0.15) is 0 Å². The van der Waals surface area contributed by atoms with E-state index in [-0.39, 0.29) is 9.34 Å². The third kappa shape index (κ3) is 2.75. The van der Waals surface area contributed by atoms with Crippen molar-refractivity contribution in [1.82, 2.24) is 4.98 Å². The lowest BCUT2D eigenvalue weighted by Gasteiger charge is -2.04. The normalized spacial score (nSPS) is 12.1. The molecule has 0 fully saturated rings. The fourth-order valence-corrected chi connectivity index (χ4v) is 2.72. The molecule has 7 heteroatoms. The molecule has 0 atom stereocenters. The van der Waals surface area contributed by atoms with Crippen LogP contribution in [0.1, 0.15) is 10.6 Å². The smallest absolute Gasteiger partial charge is 0.220 e. The van der Waals surface area contributed by atoms with E-state index in [0.29, 0.717) is 5.75 Å². The molecule has 1 aromatic rings. The summed E-state index contributed by atoms with van der Waals surface area (Å²) in [6.45, 7) is 0. The largest absolute Gasteiger partial charge is 0.434 e. The Hall–Kier alpha value is 0.0600. The van der Waals surface area contributed by atoms with Gasteiger partial charge in [-0.3, -0.25) is 0 Å². The highest BCUT2D eigenvalue weighted by molar-refractivity contribution is 7.97. The summed E-state index contributed by atoms with van der Waals surface area (Å²) < 4.78 is 36.7. The Morgan fingerprint density at radius 1 is 1.54 bits per heavy atom. The second kappa shape index (κ2) is 4.06. The number of halogens is 4. The summed E-state index contributed by atoms with van der Waals surface area (Å²) in [4.78, 5) is 3.43. The molecule has 1 rings (SSSR count). The van der Waals surface area contributed by atoms with Crippen molar-refractivity contribution in [2.75, 3.05) is 6.26 Å². The molecule has 0 unspecified atom stereocenters. The van der Waals surface area contributed by atoms with Crippen LogP contribution < -0.4 is 0 Å². The Morgan fingerprint density at radius 3 is 2.62 bits per heavy atom. The van der Waals surface area contributed by atoms with Crippen LogP contribution in [0.15, 0.2) is 0 Å². The molecular weight excluding hydrogens is 243 g/mol. The molecular formula is C6H5ClF3NS2. The third-order valence-electron chi connectivity index (χ3n) is 1.22. The number of hydrogen-bond donors (Lipinski definition) is 0. The fourth-order valence-electron chi connectivity index (χ4n) is 0.773. The Morgan fingerprint density at radius 2 is 2.15 bits per heavy atom. The summed E-state index contributed by atoms with van der Waals surface area (Å²) in [5.41, 5.74) is -0.850.